The van der Waals surface area contributed by atoms with Crippen LogP contribution in [0.1, 0.15) is 24.4 Å². The first-order valence-corrected chi connectivity index (χ1v) is 8.48. The lowest BCUT2D eigenvalue weighted by atomic mass is 9.96. The molecule has 0 unspecified atom stereocenters. The van der Waals surface area contributed by atoms with E-state index in [0.29, 0.717) is 29.9 Å². The first kappa shape index (κ1) is 16.1. The number of nitrogens with zero attached hydrogens (tertiary/aromatic N) is 2. The summed E-state index contributed by atoms with van der Waals surface area (Å²) in [6.07, 6.45) is 2.02. The van der Waals surface area contributed by atoms with Crippen molar-refractivity contribution in [1.82, 2.24) is 15.1 Å². The molecular weight excluding hydrogens is 325 g/mol. The van der Waals surface area contributed by atoms with Gasteiger partial charge in [-0.05, 0) is 30.5 Å². The largest absolute Gasteiger partial charge is 0.376 e. The predicted molar refractivity (Wildman–Crippen MR) is 88.0 cm³/mol. The zero-order chi connectivity index (χ0) is 17.6. The van der Waals surface area contributed by atoms with Gasteiger partial charge in [-0.15, -0.1) is 0 Å². The Morgan fingerprint density at radius 3 is 2.72 bits per heavy atom. The molecule has 25 heavy (non-hydrogen) atoms. The summed E-state index contributed by atoms with van der Waals surface area (Å²) in [4.78, 5) is 28.5. The second kappa shape index (κ2) is 6.15. The number of hydrogen-bond acceptors (Lipinski definition) is 3. The average molecular weight is 345 g/mol. The standard InChI is InChI=1S/C18H20FN3O3/c1-21-14-10-22(9-13-3-2-8-25-13)17(23)15(14)16(20-18(21)24)11-4-6-12(19)7-5-11/h4-7,13,16H,2-3,8-10H2,1H3,(H,20,24)/t13-,16-/m1/s1. The van der Waals surface area contributed by atoms with Crippen LogP contribution in [0.4, 0.5) is 9.18 Å². The SMILES string of the molecule is CN1C(=O)N[C@H](c2ccc(F)cc2)C2=C1CN(C[C@H]1CCCO1)C2=O. The molecule has 0 radical (unpaired) electrons. The van der Waals surface area contributed by atoms with Gasteiger partial charge < -0.3 is 15.0 Å². The Balaban J connectivity index is 1.64. The number of nitrogens with one attached hydrogen (secondary N) is 1. The van der Waals surface area contributed by atoms with Crippen LogP contribution in [0, 0.1) is 5.82 Å². The maximum Gasteiger partial charge on any atom is 0.322 e. The summed E-state index contributed by atoms with van der Waals surface area (Å²) in [5.41, 5.74) is 1.97. The molecule has 3 heterocycles. The van der Waals surface area contributed by atoms with Crippen LogP contribution < -0.4 is 5.32 Å². The molecule has 7 heteroatoms. The lowest BCUT2D eigenvalue weighted by molar-refractivity contribution is -0.127. The highest BCUT2D eigenvalue weighted by Gasteiger charge is 2.43. The Labute approximate surface area is 145 Å². The minimum absolute atomic E-state index is 0.0588. The molecule has 1 fully saturated rings. The van der Waals surface area contributed by atoms with E-state index in [-0.39, 0.29) is 23.9 Å². The molecule has 3 aliphatic heterocycles. The molecule has 2 atom stereocenters. The van der Waals surface area contributed by atoms with E-state index in [2.05, 4.69) is 5.32 Å². The predicted octanol–water partition coefficient (Wildman–Crippen LogP) is 1.80. The number of halogens is 1. The number of benzene rings is 1. The number of amides is 3. The molecule has 4 rings (SSSR count). The van der Waals surface area contributed by atoms with Gasteiger partial charge in [0.05, 0.1) is 30.0 Å². The lowest BCUT2D eigenvalue weighted by Crippen LogP contribution is -2.45. The molecule has 0 aliphatic carbocycles. The quantitative estimate of drug-likeness (QED) is 0.909. The first-order valence-electron chi connectivity index (χ1n) is 8.48. The van der Waals surface area contributed by atoms with Gasteiger partial charge in [-0.1, -0.05) is 12.1 Å². The second-order valence-corrected chi connectivity index (χ2v) is 6.67. The van der Waals surface area contributed by atoms with E-state index in [9.17, 15) is 14.0 Å². The fourth-order valence-corrected chi connectivity index (χ4v) is 3.71. The van der Waals surface area contributed by atoms with Crippen molar-refractivity contribution in [2.24, 2.45) is 0 Å². The van der Waals surface area contributed by atoms with Gasteiger partial charge in [-0.3, -0.25) is 9.69 Å². The third-order valence-electron chi connectivity index (χ3n) is 5.09. The summed E-state index contributed by atoms with van der Waals surface area (Å²) in [6.45, 7) is 1.66. The topological polar surface area (TPSA) is 61.9 Å². The molecule has 132 valence electrons. The number of likely N-dealkylation sites (N-methyl/N-ethyl adjacent to an activating group) is 1. The van der Waals surface area contributed by atoms with Crippen molar-refractivity contribution in [3.63, 3.8) is 0 Å². The fraction of sp³-hybridized carbons (Fsp3) is 0.444. The minimum atomic E-state index is -0.554. The minimum Gasteiger partial charge on any atom is -0.376 e. The van der Waals surface area contributed by atoms with Crippen LogP contribution >= 0.6 is 0 Å². The smallest absolute Gasteiger partial charge is 0.322 e. The van der Waals surface area contributed by atoms with E-state index in [4.69, 9.17) is 4.74 Å². The summed E-state index contributed by atoms with van der Waals surface area (Å²) in [5, 5.41) is 2.85. The summed E-state index contributed by atoms with van der Waals surface area (Å²) >= 11 is 0. The van der Waals surface area contributed by atoms with Crippen molar-refractivity contribution in [3.05, 3.63) is 46.9 Å². The van der Waals surface area contributed by atoms with Crippen molar-refractivity contribution >= 4 is 11.9 Å². The summed E-state index contributed by atoms with van der Waals surface area (Å²) < 4.78 is 18.9. The van der Waals surface area contributed by atoms with Crippen LogP contribution in [-0.4, -0.2) is 54.6 Å². The number of hydrogen-bond donors (Lipinski definition) is 1. The van der Waals surface area contributed by atoms with Crippen molar-refractivity contribution in [1.29, 1.82) is 0 Å². The molecule has 0 aromatic heterocycles. The molecule has 1 saturated heterocycles. The van der Waals surface area contributed by atoms with Crippen LogP contribution in [-0.2, 0) is 9.53 Å². The van der Waals surface area contributed by atoms with Gasteiger partial charge in [0.2, 0.25) is 0 Å². The maximum absolute atomic E-state index is 13.2. The zero-order valence-electron chi connectivity index (χ0n) is 14.0. The van der Waals surface area contributed by atoms with Crippen LogP contribution in [0.15, 0.2) is 35.5 Å². The van der Waals surface area contributed by atoms with Crippen molar-refractivity contribution in [2.75, 3.05) is 26.7 Å². The van der Waals surface area contributed by atoms with Gasteiger partial charge in [0.1, 0.15) is 5.82 Å². The average Bonchev–Trinajstić information content (AvgIpc) is 3.22. The van der Waals surface area contributed by atoms with Crippen LogP contribution in [0.25, 0.3) is 0 Å². The molecule has 0 spiro atoms. The van der Waals surface area contributed by atoms with Crippen molar-refractivity contribution < 1.29 is 18.7 Å². The van der Waals surface area contributed by atoms with E-state index >= 15 is 0 Å². The van der Waals surface area contributed by atoms with E-state index in [1.165, 1.54) is 17.0 Å². The van der Waals surface area contributed by atoms with Crippen molar-refractivity contribution in [3.8, 4) is 0 Å². The number of urea groups is 1. The number of rotatable bonds is 3. The highest BCUT2D eigenvalue weighted by atomic mass is 19.1. The molecule has 0 saturated carbocycles. The molecule has 1 aromatic rings. The van der Waals surface area contributed by atoms with Crippen LogP contribution in [0.2, 0.25) is 0 Å². The lowest BCUT2D eigenvalue weighted by Gasteiger charge is -2.31. The molecule has 3 amide bonds. The number of carbonyl (C=O) groups excluding carboxylic acids is 2. The number of carbonyl (C=O) groups is 2. The van der Waals surface area contributed by atoms with Gasteiger partial charge in [0.15, 0.2) is 0 Å². The highest BCUT2D eigenvalue weighted by Crippen LogP contribution is 2.36. The highest BCUT2D eigenvalue weighted by molar-refractivity contribution is 6.01. The summed E-state index contributed by atoms with van der Waals surface area (Å²) in [5.74, 6) is -0.443. The molecular formula is C18H20FN3O3. The summed E-state index contributed by atoms with van der Waals surface area (Å²) in [7, 11) is 1.66. The van der Waals surface area contributed by atoms with E-state index < -0.39 is 6.04 Å². The Morgan fingerprint density at radius 2 is 2.04 bits per heavy atom. The Morgan fingerprint density at radius 1 is 1.28 bits per heavy atom. The third kappa shape index (κ3) is 2.78. The van der Waals surface area contributed by atoms with Crippen LogP contribution in [0.5, 0.6) is 0 Å². The molecule has 0 bridgehead atoms. The van der Waals surface area contributed by atoms with Crippen LogP contribution in [0.3, 0.4) is 0 Å². The Kier molecular flexibility index (Phi) is 3.95. The maximum atomic E-state index is 13.2. The number of ether oxygens (including phenoxy) is 1. The molecule has 6 nitrogen and oxygen atoms in total. The second-order valence-electron chi connectivity index (χ2n) is 6.67. The zero-order valence-corrected chi connectivity index (χ0v) is 14.0. The third-order valence-corrected chi connectivity index (χ3v) is 5.09. The fourth-order valence-electron chi connectivity index (χ4n) is 3.71. The van der Waals surface area contributed by atoms with Gasteiger partial charge in [0, 0.05) is 20.2 Å². The Bertz CT molecular complexity index is 740. The molecule has 1 aromatic carbocycles. The van der Waals surface area contributed by atoms with E-state index in [1.807, 2.05) is 0 Å². The molecule has 1 N–H and O–H groups in total. The van der Waals surface area contributed by atoms with Gasteiger partial charge in [-0.2, -0.15) is 0 Å². The monoisotopic (exact) mass is 345 g/mol. The van der Waals surface area contributed by atoms with E-state index in [1.54, 1.807) is 24.1 Å². The van der Waals surface area contributed by atoms with Gasteiger partial charge in [0.25, 0.3) is 5.91 Å². The van der Waals surface area contributed by atoms with Gasteiger partial charge in [-0.25, -0.2) is 9.18 Å². The first-order chi connectivity index (χ1) is 12.0. The van der Waals surface area contributed by atoms with Gasteiger partial charge >= 0.3 is 6.03 Å². The summed E-state index contributed by atoms with van der Waals surface area (Å²) in [6, 6.07) is 5.06. The Hall–Kier alpha value is -2.41. The molecule has 3 aliphatic rings. The van der Waals surface area contributed by atoms with Crippen molar-refractivity contribution in [2.45, 2.75) is 25.0 Å². The normalized spacial score (nSPS) is 26.3. The van der Waals surface area contributed by atoms with E-state index in [0.717, 1.165) is 19.4 Å².